The van der Waals surface area contributed by atoms with Crippen LogP contribution in [0.5, 0.6) is 0 Å². The van der Waals surface area contributed by atoms with Crippen LogP contribution in [0, 0.1) is 52.8 Å². The summed E-state index contributed by atoms with van der Waals surface area (Å²) in [6, 6.07) is 0. The van der Waals surface area contributed by atoms with E-state index in [2.05, 4.69) is 5.32 Å². The van der Waals surface area contributed by atoms with Crippen LogP contribution in [0.1, 0.15) is 57.8 Å². The number of amides is 1. The molecule has 0 aliphatic heterocycles. The van der Waals surface area contributed by atoms with E-state index in [4.69, 9.17) is 0 Å². The van der Waals surface area contributed by atoms with Crippen LogP contribution in [0.15, 0.2) is 0 Å². The lowest BCUT2D eigenvalue weighted by molar-refractivity contribution is -0.146. The second-order valence-corrected chi connectivity index (χ2v) is 10.1. The van der Waals surface area contributed by atoms with Crippen molar-refractivity contribution in [3.05, 3.63) is 0 Å². The zero-order valence-corrected chi connectivity index (χ0v) is 13.6. The average Bonchev–Trinajstić information content (AvgIpc) is 3.09. The van der Waals surface area contributed by atoms with Crippen LogP contribution in [-0.2, 0) is 4.79 Å². The van der Waals surface area contributed by atoms with Crippen LogP contribution in [0.3, 0.4) is 0 Å². The standard InChI is InChI=1S/C20H29NO/c22-19(20-7-11-1-12(8-20)3-13(2-11)9-20)21-10-15-4-14-5-16(15)18-6-17(14)18/h11-18H,1-10H2,(H,21,22)/t11?,12?,13?,14-,15-,16+,17-,18+,20?/m0/s1. The van der Waals surface area contributed by atoms with Crippen molar-refractivity contribution in [1.29, 1.82) is 0 Å². The maximum atomic E-state index is 13.0. The Kier molecular flexibility index (Phi) is 2.40. The number of rotatable bonds is 3. The van der Waals surface area contributed by atoms with E-state index in [1.807, 2.05) is 0 Å². The molecule has 0 saturated heterocycles. The van der Waals surface area contributed by atoms with Gasteiger partial charge in [-0.1, -0.05) is 0 Å². The van der Waals surface area contributed by atoms with Gasteiger partial charge in [0.15, 0.2) is 0 Å². The van der Waals surface area contributed by atoms with Gasteiger partial charge in [0, 0.05) is 12.0 Å². The van der Waals surface area contributed by atoms with Crippen LogP contribution in [0.25, 0.3) is 0 Å². The molecule has 0 heterocycles. The molecule has 120 valence electrons. The summed E-state index contributed by atoms with van der Waals surface area (Å²) in [4.78, 5) is 13.0. The maximum Gasteiger partial charge on any atom is 0.226 e. The van der Waals surface area contributed by atoms with Crippen molar-refractivity contribution in [3.8, 4) is 0 Å². The molecule has 7 aliphatic carbocycles. The van der Waals surface area contributed by atoms with E-state index in [0.717, 1.165) is 53.9 Å². The Labute approximate surface area is 133 Å². The van der Waals surface area contributed by atoms with Crippen LogP contribution in [-0.4, -0.2) is 12.5 Å². The molecule has 0 aromatic heterocycles. The van der Waals surface area contributed by atoms with Gasteiger partial charge in [-0.25, -0.2) is 0 Å². The predicted molar refractivity (Wildman–Crippen MR) is 84.9 cm³/mol. The predicted octanol–water partition coefficient (Wildman–Crippen LogP) is 3.61. The molecule has 7 fully saturated rings. The van der Waals surface area contributed by atoms with Gasteiger partial charge in [0.25, 0.3) is 0 Å². The number of carbonyl (C=O) groups is 1. The van der Waals surface area contributed by atoms with Crippen molar-refractivity contribution in [3.63, 3.8) is 0 Å². The lowest BCUT2D eigenvalue weighted by Crippen LogP contribution is -2.54. The molecule has 1 N–H and O–H groups in total. The summed E-state index contributed by atoms with van der Waals surface area (Å²) < 4.78 is 0. The highest BCUT2D eigenvalue weighted by Gasteiger charge is 2.61. The van der Waals surface area contributed by atoms with Gasteiger partial charge in [-0.2, -0.15) is 0 Å². The molecular formula is C20H29NO. The molecule has 0 aromatic carbocycles. The first-order chi connectivity index (χ1) is 10.7. The first-order valence-electron chi connectivity index (χ1n) is 9.98. The zero-order valence-electron chi connectivity index (χ0n) is 13.6. The minimum atomic E-state index is 0.0640. The van der Waals surface area contributed by atoms with Gasteiger partial charge < -0.3 is 5.32 Å². The molecule has 0 radical (unpaired) electrons. The van der Waals surface area contributed by atoms with E-state index in [-0.39, 0.29) is 5.41 Å². The van der Waals surface area contributed by atoms with Gasteiger partial charge in [0.1, 0.15) is 0 Å². The molecule has 7 saturated carbocycles. The molecule has 22 heavy (non-hydrogen) atoms. The Morgan fingerprint density at radius 1 is 0.818 bits per heavy atom. The summed E-state index contributed by atoms with van der Waals surface area (Å²) in [5.41, 5.74) is 0.0640. The number of fused-ring (bicyclic) bond motifs is 5. The smallest absolute Gasteiger partial charge is 0.226 e. The zero-order chi connectivity index (χ0) is 14.5. The van der Waals surface area contributed by atoms with Crippen LogP contribution >= 0.6 is 0 Å². The monoisotopic (exact) mass is 299 g/mol. The molecule has 0 aromatic rings. The van der Waals surface area contributed by atoms with Crippen molar-refractivity contribution < 1.29 is 4.79 Å². The molecular weight excluding hydrogens is 270 g/mol. The maximum absolute atomic E-state index is 13.0. The van der Waals surface area contributed by atoms with Gasteiger partial charge in [-0.3, -0.25) is 4.79 Å². The van der Waals surface area contributed by atoms with E-state index in [0.29, 0.717) is 5.91 Å². The molecule has 0 unspecified atom stereocenters. The van der Waals surface area contributed by atoms with Gasteiger partial charge in [-0.15, -0.1) is 0 Å². The fourth-order valence-electron chi connectivity index (χ4n) is 8.38. The Balaban J connectivity index is 1.14. The first-order valence-corrected chi connectivity index (χ1v) is 9.98. The Bertz CT molecular complexity index is 491. The minimum absolute atomic E-state index is 0.0640. The van der Waals surface area contributed by atoms with Crippen LogP contribution < -0.4 is 5.32 Å². The molecule has 7 aliphatic rings. The first kappa shape index (κ1) is 12.8. The van der Waals surface area contributed by atoms with E-state index >= 15 is 0 Å². The summed E-state index contributed by atoms with van der Waals surface area (Å²) in [5.74, 6) is 8.13. The summed E-state index contributed by atoms with van der Waals surface area (Å²) in [6.45, 7) is 1.00. The molecule has 2 heteroatoms. The van der Waals surface area contributed by atoms with E-state index < -0.39 is 0 Å². The molecule has 0 spiro atoms. The molecule has 2 nitrogen and oxygen atoms in total. The highest BCUT2D eigenvalue weighted by Crippen LogP contribution is 2.67. The third-order valence-corrected chi connectivity index (χ3v) is 8.88. The Morgan fingerprint density at radius 3 is 2.09 bits per heavy atom. The number of hydrogen-bond donors (Lipinski definition) is 1. The second kappa shape index (κ2) is 4.11. The highest BCUT2D eigenvalue weighted by atomic mass is 16.2. The number of hydrogen-bond acceptors (Lipinski definition) is 1. The van der Waals surface area contributed by atoms with E-state index in [9.17, 15) is 4.79 Å². The summed E-state index contributed by atoms with van der Waals surface area (Å²) in [5, 5.41) is 3.47. The van der Waals surface area contributed by atoms with Gasteiger partial charge >= 0.3 is 0 Å². The van der Waals surface area contributed by atoms with Crippen molar-refractivity contribution in [2.75, 3.05) is 6.54 Å². The minimum Gasteiger partial charge on any atom is -0.355 e. The molecule has 6 bridgehead atoms. The van der Waals surface area contributed by atoms with Gasteiger partial charge in [0.2, 0.25) is 5.91 Å². The van der Waals surface area contributed by atoms with Gasteiger partial charge in [0.05, 0.1) is 0 Å². The molecule has 1 amide bonds. The van der Waals surface area contributed by atoms with Crippen LogP contribution in [0.4, 0.5) is 0 Å². The Hall–Kier alpha value is -0.530. The molecule has 7 rings (SSSR count). The van der Waals surface area contributed by atoms with Crippen molar-refractivity contribution in [2.45, 2.75) is 57.8 Å². The largest absolute Gasteiger partial charge is 0.355 e. The fourth-order valence-corrected chi connectivity index (χ4v) is 8.38. The topological polar surface area (TPSA) is 29.1 Å². The second-order valence-electron chi connectivity index (χ2n) is 10.1. The van der Waals surface area contributed by atoms with E-state index in [1.54, 1.807) is 0 Å². The summed E-state index contributed by atoms with van der Waals surface area (Å²) in [6.07, 6.45) is 12.4. The number of carbonyl (C=O) groups excluding carboxylic acids is 1. The van der Waals surface area contributed by atoms with Gasteiger partial charge in [-0.05, 0) is 105 Å². The fraction of sp³-hybridized carbons (Fsp3) is 0.950. The normalized spacial score (nSPS) is 59.6. The lowest BCUT2D eigenvalue weighted by atomic mass is 9.49. The van der Waals surface area contributed by atoms with Crippen LogP contribution in [0.2, 0.25) is 0 Å². The molecule has 5 atom stereocenters. The SMILES string of the molecule is O=C(NC[C@@H]1C[C@H]2C[C@H]1[C@H]1C[C@@H]21)C12CC3CC(CC(C3)C1)C2. The van der Waals surface area contributed by atoms with Crippen molar-refractivity contribution in [1.82, 2.24) is 5.32 Å². The average molecular weight is 299 g/mol. The summed E-state index contributed by atoms with van der Waals surface area (Å²) in [7, 11) is 0. The summed E-state index contributed by atoms with van der Waals surface area (Å²) >= 11 is 0. The quantitative estimate of drug-likeness (QED) is 0.847. The lowest BCUT2D eigenvalue weighted by Gasteiger charge is -2.55. The van der Waals surface area contributed by atoms with Crippen molar-refractivity contribution in [2.24, 2.45) is 52.8 Å². The Morgan fingerprint density at radius 2 is 1.50 bits per heavy atom. The van der Waals surface area contributed by atoms with Crippen molar-refractivity contribution >= 4 is 5.91 Å². The number of nitrogens with one attached hydrogen (secondary N) is 1. The third kappa shape index (κ3) is 1.65. The highest BCUT2D eigenvalue weighted by molar-refractivity contribution is 5.83. The van der Waals surface area contributed by atoms with E-state index in [1.165, 1.54) is 57.8 Å². The third-order valence-electron chi connectivity index (χ3n) is 8.88.